The molecule has 0 radical (unpaired) electrons. The predicted octanol–water partition coefficient (Wildman–Crippen LogP) is 5.28. The molecule has 2 aromatic carbocycles. The van der Waals surface area contributed by atoms with Crippen LogP contribution in [0.5, 0.6) is 5.75 Å². The van der Waals surface area contributed by atoms with E-state index in [-0.39, 0.29) is 11.3 Å². The van der Waals surface area contributed by atoms with Crippen molar-refractivity contribution in [3.05, 3.63) is 71.3 Å². The molecule has 2 rings (SSSR count). The summed E-state index contributed by atoms with van der Waals surface area (Å²) < 4.78 is 43.1. The third-order valence-electron chi connectivity index (χ3n) is 3.48. The van der Waals surface area contributed by atoms with Gasteiger partial charge in [0.1, 0.15) is 5.75 Å². The number of alkyl halides is 3. The van der Waals surface area contributed by atoms with Crippen LogP contribution in [0.1, 0.15) is 34.3 Å². The molecule has 0 unspecified atom stereocenters. The van der Waals surface area contributed by atoms with E-state index in [1.807, 2.05) is 6.07 Å². The van der Waals surface area contributed by atoms with Crippen LogP contribution in [0.3, 0.4) is 0 Å². The lowest BCUT2D eigenvalue weighted by atomic mass is 10.1. The number of carbonyl (C=O) groups is 1. The second-order valence-corrected chi connectivity index (χ2v) is 5.46. The van der Waals surface area contributed by atoms with Crippen LogP contribution < -0.4 is 4.74 Å². The van der Waals surface area contributed by atoms with Gasteiger partial charge in [0.05, 0.1) is 18.2 Å². The van der Waals surface area contributed by atoms with E-state index in [1.165, 1.54) is 6.08 Å². The first kappa shape index (κ1) is 19.3. The standard InChI is InChI=1S/C20H16F3NO2/c21-20(22,23)17-9-7-16(8-10-17)19(25)11-6-15-4-3-5-18(14-15)26-13-2-1-12-24/h3-11,14H,1-2,13H2/b11-6+. The molecule has 26 heavy (non-hydrogen) atoms. The van der Waals surface area contributed by atoms with E-state index in [0.29, 0.717) is 25.2 Å². The number of nitriles is 1. The van der Waals surface area contributed by atoms with Crippen molar-refractivity contribution in [2.75, 3.05) is 6.61 Å². The number of halogens is 3. The van der Waals surface area contributed by atoms with E-state index in [0.717, 1.165) is 29.8 Å². The van der Waals surface area contributed by atoms with Crippen LogP contribution in [-0.4, -0.2) is 12.4 Å². The van der Waals surface area contributed by atoms with Gasteiger partial charge in [-0.05, 0) is 42.3 Å². The Labute approximate surface area is 149 Å². The van der Waals surface area contributed by atoms with Crippen molar-refractivity contribution in [2.24, 2.45) is 0 Å². The fourth-order valence-corrected chi connectivity index (χ4v) is 2.14. The number of carbonyl (C=O) groups excluding carboxylic acids is 1. The van der Waals surface area contributed by atoms with E-state index in [1.54, 1.807) is 30.3 Å². The van der Waals surface area contributed by atoms with Crippen LogP contribution in [0.4, 0.5) is 13.2 Å². The minimum Gasteiger partial charge on any atom is -0.494 e. The summed E-state index contributed by atoms with van der Waals surface area (Å²) in [6.07, 6.45) is -0.505. The Morgan fingerprint density at radius 1 is 1.15 bits per heavy atom. The van der Waals surface area contributed by atoms with Crippen molar-refractivity contribution in [3.8, 4) is 11.8 Å². The van der Waals surface area contributed by atoms with Crippen molar-refractivity contribution in [2.45, 2.75) is 19.0 Å². The quantitative estimate of drug-likeness (QED) is 0.384. The Morgan fingerprint density at radius 3 is 2.54 bits per heavy atom. The average molecular weight is 359 g/mol. The van der Waals surface area contributed by atoms with Gasteiger partial charge >= 0.3 is 6.18 Å². The lowest BCUT2D eigenvalue weighted by Gasteiger charge is -2.06. The zero-order chi connectivity index (χ0) is 19.0. The molecule has 0 aromatic heterocycles. The summed E-state index contributed by atoms with van der Waals surface area (Å²) in [5.41, 5.74) is 0.112. The van der Waals surface area contributed by atoms with Crippen molar-refractivity contribution in [3.63, 3.8) is 0 Å². The predicted molar refractivity (Wildman–Crippen MR) is 91.6 cm³/mol. The number of hydrogen-bond donors (Lipinski definition) is 0. The second-order valence-electron chi connectivity index (χ2n) is 5.46. The zero-order valence-corrected chi connectivity index (χ0v) is 13.8. The average Bonchev–Trinajstić information content (AvgIpc) is 2.63. The highest BCUT2D eigenvalue weighted by Crippen LogP contribution is 2.29. The number of unbranched alkanes of at least 4 members (excludes halogenated alkanes) is 1. The largest absolute Gasteiger partial charge is 0.494 e. The summed E-state index contributed by atoms with van der Waals surface area (Å²) in [5, 5.41) is 8.48. The molecule has 0 aliphatic rings. The lowest BCUT2D eigenvalue weighted by Crippen LogP contribution is -2.05. The minimum absolute atomic E-state index is 0.179. The van der Waals surface area contributed by atoms with E-state index >= 15 is 0 Å². The van der Waals surface area contributed by atoms with Gasteiger partial charge in [-0.1, -0.05) is 30.3 Å². The zero-order valence-electron chi connectivity index (χ0n) is 13.8. The van der Waals surface area contributed by atoms with Crippen LogP contribution in [0.25, 0.3) is 6.08 Å². The van der Waals surface area contributed by atoms with E-state index in [4.69, 9.17) is 10.00 Å². The minimum atomic E-state index is -4.43. The molecule has 0 atom stereocenters. The lowest BCUT2D eigenvalue weighted by molar-refractivity contribution is -0.137. The van der Waals surface area contributed by atoms with Gasteiger partial charge in [-0.2, -0.15) is 18.4 Å². The van der Waals surface area contributed by atoms with Crippen LogP contribution in [-0.2, 0) is 6.18 Å². The number of rotatable bonds is 7. The molecular weight excluding hydrogens is 343 g/mol. The molecule has 6 heteroatoms. The molecule has 0 saturated carbocycles. The van der Waals surface area contributed by atoms with E-state index in [2.05, 4.69) is 0 Å². The Hall–Kier alpha value is -3.07. The number of nitrogens with zero attached hydrogens (tertiary/aromatic N) is 1. The first-order valence-electron chi connectivity index (χ1n) is 7.89. The molecule has 2 aromatic rings. The van der Waals surface area contributed by atoms with Gasteiger partial charge in [0.15, 0.2) is 5.78 Å². The van der Waals surface area contributed by atoms with Crippen LogP contribution in [0, 0.1) is 11.3 Å². The second kappa shape index (κ2) is 8.86. The van der Waals surface area contributed by atoms with Gasteiger partial charge in [0.25, 0.3) is 0 Å². The van der Waals surface area contributed by atoms with Crippen molar-refractivity contribution in [1.82, 2.24) is 0 Å². The Kier molecular flexibility index (Phi) is 6.56. The van der Waals surface area contributed by atoms with Crippen molar-refractivity contribution < 1.29 is 22.7 Å². The highest BCUT2D eigenvalue weighted by atomic mass is 19.4. The SMILES string of the molecule is N#CCCCOc1cccc(/C=C/C(=O)c2ccc(C(F)(F)F)cc2)c1. The summed E-state index contributed by atoms with van der Waals surface area (Å²) in [5.74, 6) is 0.228. The number of allylic oxidation sites excluding steroid dienone is 1. The summed E-state index contributed by atoms with van der Waals surface area (Å²) >= 11 is 0. The maximum atomic E-state index is 12.5. The Morgan fingerprint density at radius 2 is 1.88 bits per heavy atom. The maximum Gasteiger partial charge on any atom is 0.416 e. The number of ether oxygens (including phenoxy) is 1. The summed E-state index contributed by atoms with van der Waals surface area (Å²) in [7, 11) is 0. The fourth-order valence-electron chi connectivity index (χ4n) is 2.14. The first-order chi connectivity index (χ1) is 12.4. The molecule has 3 nitrogen and oxygen atoms in total. The summed E-state index contributed by atoms with van der Waals surface area (Å²) in [6.45, 7) is 0.422. The fraction of sp³-hybridized carbons (Fsp3) is 0.200. The highest BCUT2D eigenvalue weighted by Gasteiger charge is 2.30. The topological polar surface area (TPSA) is 50.1 Å². The van der Waals surface area contributed by atoms with E-state index < -0.39 is 11.7 Å². The van der Waals surface area contributed by atoms with Crippen LogP contribution in [0.2, 0.25) is 0 Å². The molecule has 134 valence electrons. The van der Waals surface area contributed by atoms with Crippen LogP contribution in [0.15, 0.2) is 54.6 Å². The molecule has 0 aliphatic carbocycles. The number of benzene rings is 2. The van der Waals surface area contributed by atoms with Gasteiger partial charge in [0, 0.05) is 12.0 Å². The monoisotopic (exact) mass is 359 g/mol. The van der Waals surface area contributed by atoms with Gasteiger partial charge < -0.3 is 4.74 Å². The first-order valence-corrected chi connectivity index (χ1v) is 7.89. The third-order valence-corrected chi connectivity index (χ3v) is 3.48. The van der Waals surface area contributed by atoms with Gasteiger partial charge in [-0.25, -0.2) is 0 Å². The highest BCUT2D eigenvalue weighted by molar-refractivity contribution is 6.06. The Balaban J connectivity index is 2.00. The molecule has 0 amide bonds. The molecule has 0 aliphatic heterocycles. The normalized spacial score (nSPS) is 11.3. The summed E-state index contributed by atoms with van der Waals surface area (Å²) in [6, 6.07) is 13.2. The molecule has 0 bridgehead atoms. The molecule has 0 spiro atoms. The van der Waals surface area contributed by atoms with Gasteiger partial charge in [-0.3, -0.25) is 4.79 Å². The van der Waals surface area contributed by atoms with Gasteiger partial charge in [0.2, 0.25) is 0 Å². The van der Waals surface area contributed by atoms with Crippen LogP contribution >= 0.6 is 0 Å². The molecule has 0 heterocycles. The Bertz CT molecular complexity index is 818. The number of hydrogen-bond acceptors (Lipinski definition) is 3. The molecule has 0 fully saturated rings. The smallest absolute Gasteiger partial charge is 0.416 e. The van der Waals surface area contributed by atoms with Gasteiger partial charge in [-0.15, -0.1) is 0 Å². The van der Waals surface area contributed by atoms with Crippen molar-refractivity contribution >= 4 is 11.9 Å². The van der Waals surface area contributed by atoms with E-state index in [9.17, 15) is 18.0 Å². The maximum absolute atomic E-state index is 12.5. The number of ketones is 1. The van der Waals surface area contributed by atoms with Crippen molar-refractivity contribution in [1.29, 1.82) is 5.26 Å². The summed E-state index contributed by atoms with van der Waals surface area (Å²) in [4.78, 5) is 12.1. The molecule has 0 saturated heterocycles. The molecule has 0 N–H and O–H groups in total. The molecular formula is C20H16F3NO2. The third kappa shape index (κ3) is 5.78.